The number of hydrogen-bond acceptors (Lipinski definition) is 6. The van der Waals surface area contributed by atoms with E-state index >= 15 is 0 Å². The van der Waals surface area contributed by atoms with Crippen LogP contribution in [0.15, 0.2) is 47.6 Å². The zero-order valence-electron chi connectivity index (χ0n) is 14.1. The van der Waals surface area contributed by atoms with Crippen molar-refractivity contribution in [2.24, 2.45) is 0 Å². The number of thiol groups is 1. The molecule has 2 aromatic carbocycles. The van der Waals surface area contributed by atoms with Gasteiger partial charge in [-0.05, 0) is 29.8 Å². The zero-order valence-corrected chi connectivity index (χ0v) is 16.4. The molecule has 131 valence electrons. The van der Waals surface area contributed by atoms with Gasteiger partial charge in [0.1, 0.15) is 12.1 Å². The van der Waals surface area contributed by atoms with Gasteiger partial charge >= 0.3 is 18.6 Å². The Kier molecular flexibility index (Phi) is 6.09. The van der Waals surface area contributed by atoms with E-state index in [0.717, 1.165) is 39.5 Å². The molecule has 0 spiro atoms. The molecule has 1 atom stereocenters. The average Bonchev–Trinajstić information content (AvgIpc) is 2.64. The fraction of sp³-hybridized carbons (Fsp3) is 0.211. The van der Waals surface area contributed by atoms with Gasteiger partial charge in [0.05, 0.1) is 6.61 Å². The van der Waals surface area contributed by atoms with Crippen molar-refractivity contribution in [3.05, 3.63) is 55.7 Å². The summed E-state index contributed by atoms with van der Waals surface area (Å²) in [6, 6.07) is 15.2. The molecule has 7 heteroatoms. The van der Waals surface area contributed by atoms with E-state index in [4.69, 9.17) is 4.74 Å². The van der Waals surface area contributed by atoms with Crippen molar-refractivity contribution in [2.75, 3.05) is 30.0 Å². The van der Waals surface area contributed by atoms with Crippen LogP contribution in [0.2, 0.25) is 0 Å². The van der Waals surface area contributed by atoms with E-state index in [0.29, 0.717) is 13.2 Å². The summed E-state index contributed by atoms with van der Waals surface area (Å²) < 4.78 is 5.47. The maximum absolute atomic E-state index is 5.47. The largest absolute Gasteiger partial charge is 2.00 e. The van der Waals surface area contributed by atoms with Crippen LogP contribution in [-0.2, 0) is 23.3 Å². The SMILES string of the molecule is [CH2-]C1COCCN1c1[c-]cc2ncnc(Nc3ccc(S)cc3)c2c1.[V+2]. The van der Waals surface area contributed by atoms with Crippen molar-refractivity contribution < 1.29 is 23.3 Å². The number of aromatic nitrogens is 2. The minimum absolute atomic E-state index is 0. The summed E-state index contributed by atoms with van der Waals surface area (Å²) in [7, 11) is 0. The fourth-order valence-corrected chi connectivity index (χ4v) is 3.06. The third-order valence-corrected chi connectivity index (χ3v) is 4.52. The minimum Gasteiger partial charge on any atom is -0.416 e. The second-order valence-electron chi connectivity index (χ2n) is 5.93. The van der Waals surface area contributed by atoms with Crippen LogP contribution in [0.3, 0.4) is 0 Å². The number of nitrogens with zero attached hydrogens (tertiary/aromatic N) is 3. The van der Waals surface area contributed by atoms with Crippen LogP contribution in [0.1, 0.15) is 0 Å². The molecule has 1 aliphatic heterocycles. The molecular weight excluding hydrogens is 383 g/mol. The van der Waals surface area contributed by atoms with Crippen LogP contribution in [0, 0.1) is 13.0 Å². The van der Waals surface area contributed by atoms with Crippen molar-refractivity contribution in [3.63, 3.8) is 0 Å². The molecule has 0 aliphatic carbocycles. The van der Waals surface area contributed by atoms with Crippen LogP contribution in [0.4, 0.5) is 17.2 Å². The summed E-state index contributed by atoms with van der Waals surface area (Å²) in [5.74, 6) is 0.765. The number of nitrogens with one attached hydrogen (secondary N) is 1. The Hall–Kier alpha value is -1.73. The maximum atomic E-state index is 5.47. The van der Waals surface area contributed by atoms with Crippen LogP contribution in [0.25, 0.3) is 10.9 Å². The predicted octanol–water partition coefficient (Wildman–Crippen LogP) is 3.50. The molecular formula is C19H18N4OSV. The Bertz CT molecular complexity index is 890. The molecule has 4 rings (SSSR count). The van der Waals surface area contributed by atoms with Crippen LogP contribution in [0.5, 0.6) is 0 Å². The first-order valence-corrected chi connectivity index (χ1v) is 8.55. The summed E-state index contributed by atoms with van der Waals surface area (Å²) >= 11 is 4.32. The molecule has 1 unspecified atom stereocenters. The Balaban J connectivity index is 0.00000196. The molecule has 0 amide bonds. The Morgan fingerprint density at radius 3 is 2.85 bits per heavy atom. The monoisotopic (exact) mass is 401 g/mol. The van der Waals surface area contributed by atoms with E-state index in [2.05, 4.69) is 51.9 Å². The number of fused-ring (bicyclic) bond motifs is 1. The van der Waals surface area contributed by atoms with Gasteiger partial charge in [0.25, 0.3) is 0 Å². The number of benzene rings is 2. The number of rotatable bonds is 3. The van der Waals surface area contributed by atoms with Gasteiger partial charge in [-0.15, -0.1) is 24.8 Å². The molecule has 1 saturated heterocycles. The van der Waals surface area contributed by atoms with Crippen molar-refractivity contribution in [1.82, 2.24) is 9.97 Å². The van der Waals surface area contributed by atoms with Gasteiger partial charge in [0.15, 0.2) is 0 Å². The summed E-state index contributed by atoms with van der Waals surface area (Å²) in [5, 5.41) is 4.31. The van der Waals surface area contributed by atoms with E-state index in [1.54, 1.807) is 6.33 Å². The summed E-state index contributed by atoms with van der Waals surface area (Å²) in [6.07, 6.45) is 1.56. The average molecular weight is 401 g/mol. The summed E-state index contributed by atoms with van der Waals surface area (Å²) in [6.45, 7) is 6.28. The number of morpholine rings is 1. The molecule has 1 radical (unpaired) electrons. The normalized spacial score (nSPS) is 17.0. The minimum atomic E-state index is 0. The first kappa shape index (κ1) is 19.0. The molecule has 0 bridgehead atoms. The molecule has 2 heterocycles. The third-order valence-electron chi connectivity index (χ3n) is 4.22. The van der Waals surface area contributed by atoms with Crippen molar-refractivity contribution in [1.29, 1.82) is 0 Å². The van der Waals surface area contributed by atoms with Gasteiger partial charge in [0.2, 0.25) is 0 Å². The molecule has 5 nitrogen and oxygen atoms in total. The number of ether oxygens (including phenoxy) is 1. The third kappa shape index (κ3) is 3.99. The topological polar surface area (TPSA) is 50.3 Å². The van der Waals surface area contributed by atoms with E-state index in [-0.39, 0.29) is 24.6 Å². The van der Waals surface area contributed by atoms with Crippen molar-refractivity contribution in [3.8, 4) is 0 Å². The Labute approximate surface area is 170 Å². The fourth-order valence-electron chi connectivity index (χ4n) is 2.91. The van der Waals surface area contributed by atoms with Gasteiger partial charge in [-0.2, -0.15) is 6.07 Å². The molecule has 3 aromatic rings. The van der Waals surface area contributed by atoms with Crippen molar-refractivity contribution >= 4 is 40.7 Å². The summed E-state index contributed by atoms with van der Waals surface area (Å²) in [5.41, 5.74) is 2.79. The number of hydrogen-bond donors (Lipinski definition) is 2. The molecule has 1 aliphatic rings. The van der Waals surface area contributed by atoms with Gasteiger partial charge in [-0.3, -0.25) is 0 Å². The maximum Gasteiger partial charge on any atom is 2.00 e. The molecule has 1 aromatic heterocycles. The Morgan fingerprint density at radius 2 is 2.08 bits per heavy atom. The van der Waals surface area contributed by atoms with Crippen LogP contribution in [-0.4, -0.2) is 35.8 Å². The molecule has 0 saturated carbocycles. The Morgan fingerprint density at radius 1 is 1.27 bits per heavy atom. The van der Waals surface area contributed by atoms with Gasteiger partial charge < -0.3 is 26.9 Å². The second kappa shape index (κ2) is 8.31. The smallest absolute Gasteiger partial charge is 0.416 e. The van der Waals surface area contributed by atoms with Crippen LogP contribution >= 0.6 is 12.6 Å². The van der Waals surface area contributed by atoms with Gasteiger partial charge in [0, 0.05) is 23.7 Å². The molecule has 26 heavy (non-hydrogen) atoms. The molecule has 1 fully saturated rings. The quantitative estimate of drug-likeness (QED) is 0.520. The van der Waals surface area contributed by atoms with Gasteiger partial charge in [-0.1, -0.05) is 17.1 Å². The second-order valence-corrected chi connectivity index (χ2v) is 6.45. The zero-order chi connectivity index (χ0) is 17.2. The first-order chi connectivity index (χ1) is 12.2. The van der Waals surface area contributed by atoms with E-state index in [1.165, 1.54) is 0 Å². The first-order valence-electron chi connectivity index (χ1n) is 8.11. The van der Waals surface area contributed by atoms with E-state index in [1.807, 2.05) is 30.3 Å². The van der Waals surface area contributed by atoms with Gasteiger partial charge in [-0.25, -0.2) is 4.98 Å². The summed E-state index contributed by atoms with van der Waals surface area (Å²) in [4.78, 5) is 11.9. The predicted molar refractivity (Wildman–Crippen MR) is 103 cm³/mol. The van der Waals surface area contributed by atoms with E-state index in [9.17, 15) is 0 Å². The standard InChI is InChI=1S/C19H18N4OS.V/c1-13-11-24-9-8-23(13)15-4-7-18-17(10-15)19(21-12-20-18)22-14-2-5-16(25)6-3-14;/h2-3,5-7,10,12-13,25H,1,8-9,11H2,(H,20,21,22);/q-2;+2. The van der Waals surface area contributed by atoms with Crippen molar-refractivity contribution in [2.45, 2.75) is 10.9 Å². The van der Waals surface area contributed by atoms with Crippen LogP contribution < -0.4 is 10.2 Å². The molecule has 1 N–H and O–H groups in total. The van der Waals surface area contributed by atoms with E-state index < -0.39 is 0 Å². The number of anilines is 3.